The third kappa shape index (κ3) is 4.28. The van der Waals surface area contributed by atoms with E-state index in [9.17, 15) is 9.59 Å². The average molecular weight is 354 g/mol. The van der Waals surface area contributed by atoms with Gasteiger partial charge in [0.15, 0.2) is 0 Å². The Kier molecular flexibility index (Phi) is 5.19. The highest BCUT2D eigenvalue weighted by molar-refractivity contribution is 8.00. The van der Waals surface area contributed by atoms with Crippen molar-refractivity contribution < 1.29 is 9.53 Å². The number of rotatable bonds is 5. The average Bonchev–Trinajstić information content (AvgIpc) is 2.61. The lowest BCUT2D eigenvalue weighted by Gasteiger charge is -2.11. The summed E-state index contributed by atoms with van der Waals surface area (Å²) in [5.41, 5.74) is 1.77. The molecule has 5 nitrogen and oxygen atoms in total. The summed E-state index contributed by atoms with van der Waals surface area (Å²) in [5.74, 6) is -0.334. The second-order valence-corrected chi connectivity index (χ2v) is 7.12. The van der Waals surface area contributed by atoms with E-state index in [2.05, 4.69) is 4.98 Å². The Bertz CT molecular complexity index is 954. The van der Waals surface area contributed by atoms with Crippen molar-refractivity contribution in [3.63, 3.8) is 0 Å². The van der Waals surface area contributed by atoms with Crippen LogP contribution in [0.4, 0.5) is 0 Å². The lowest BCUT2D eigenvalue weighted by Crippen LogP contribution is -2.19. The molecule has 25 heavy (non-hydrogen) atoms. The molecule has 0 aliphatic rings. The van der Waals surface area contributed by atoms with Crippen LogP contribution in [-0.4, -0.2) is 20.6 Å². The van der Waals surface area contributed by atoms with Gasteiger partial charge in [0.05, 0.1) is 5.69 Å². The molecular weight excluding hydrogens is 336 g/mol. The SMILES string of the molecule is Cc1ccc2nc(COC(=O)[C@H](C)Sc3ccccc3)cc(=O)n2c1. The van der Waals surface area contributed by atoms with Crippen molar-refractivity contribution in [2.45, 2.75) is 30.6 Å². The number of benzene rings is 1. The van der Waals surface area contributed by atoms with Crippen LogP contribution < -0.4 is 5.56 Å². The molecule has 0 amide bonds. The maximum absolute atomic E-state index is 12.2. The van der Waals surface area contributed by atoms with Gasteiger partial charge in [-0.25, -0.2) is 4.98 Å². The van der Waals surface area contributed by atoms with Crippen LogP contribution in [0.5, 0.6) is 0 Å². The van der Waals surface area contributed by atoms with Gasteiger partial charge >= 0.3 is 5.97 Å². The molecule has 6 heteroatoms. The van der Waals surface area contributed by atoms with Crippen LogP contribution in [0.25, 0.3) is 5.65 Å². The maximum atomic E-state index is 12.2. The first-order chi connectivity index (χ1) is 12.0. The van der Waals surface area contributed by atoms with Gasteiger partial charge in [-0.2, -0.15) is 0 Å². The van der Waals surface area contributed by atoms with Crippen molar-refractivity contribution in [3.05, 3.63) is 76.3 Å². The van der Waals surface area contributed by atoms with Crippen LogP contribution in [0.2, 0.25) is 0 Å². The zero-order chi connectivity index (χ0) is 17.8. The van der Waals surface area contributed by atoms with Gasteiger partial charge in [-0.15, -0.1) is 11.8 Å². The maximum Gasteiger partial charge on any atom is 0.319 e. The summed E-state index contributed by atoms with van der Waals surface area (Å²) in [4.78, 5) is 29.7. The fraction of sp³-hybridized carbons (Fsp3) is 0.211. The van der Waals surface area contributed by atoms with Crippen molar-refractivity contribution >= 4 is 23.4 Å². The van der Waals surface area contributed by atoms with E-state index in [4.69, 9.17) is 4.74 Å². The summed E-state index contributed by atoms with van der Waals surface area (Å²) >= 11 is 1.43. The van der Waals surface area contributed by atoms with Gasteiger partial charge in [-0.1, -0.05) is 24.3 Å². The molecule has 0 fully saturated rings. The Hall–Kier alpha value is -2.60. The first kappa shape index (κ1) is 17.2. The molecule has 0 saturated heterocycles. The number of carbonyl (C=O) groups is 1. The summed E-state index contributed by atoms with van der Waals surface area (Å²) in [7, 11) is 0. The molecule has 0 aliphatic heterocycles. The van der Waals surface area contributed by atoms with E-state index in [1.807, 2.05) is 43.3 Å². The number of aromatic nitrogens is 2. The van der Waals surface area contributed by atoms with Crippen LogP contribution in [0.15, 0.2) is 64.4 Å². The summed E-state index contributed by atoms with van der Waals surface area (Å²) in [6, 6.07) is 14.7. The Morgan fingerprint density at radius 2 is 2.00 bits per heavy atom. The minimum Gasteiger partial charge on any atom is -0.458 e. The molecule has 0 saturated carbocycles. The van der Waals surface area contributed by atoms with E-state index in [0.29, 0.717) is 11.3 Å². The zero-order valence-electron chi connectivity index (χ0n) is 14.0. The molecule has 1 atom stereocenters. The first-order valence-corrected chi connectivity index (χ1v) is 8.78. The van der Waals surface area contributed by atoms with Crippen LogP contribution in [0.3, 0.4) is 0 Å². The molecule has 0 spiro atoms. The molecule has 2 heterocycles. The van der Waals surface area contributed by atoms with Crippen LogP contribution in [0.1, 0.15) is 18.2 Å². The van der Waals surface area contributed by atoms with Crippen molar-refractivity contribution in [1.29, 1.82) is 0 Å². The van der Waals surface area contributed by atoms with Crippen LogP contribution in [0, 0.1) is 6.92 Å². The third-order valence-corrected chi connectivity index (χ3v) is 4.70. The number of aryl methyl sites for hydroxylation is 1. The van der Waals surface area contributed by atoms with E-state index >= 15 is 0 Å². The molecule has 0 aliphatic carbocycles. The van der Waals surface area contributed by atoms with Crippen molar-refractivity contribution in [3.8, 4) is 0 Å². The number of nitrogens with zero attached hydrogens (tertiary/aromatic N) is 2. The van der Waals surface area contributed by atoms with E-state index in [1.165, 1.54) is 22.2 Å². The monoisotopic (exact) mass is 354 g/mol. The van der Waals surface area contributed by atoms with Crippen LogP contribution >= 0.6 is 11.8 Å². The predicted octanol–water partition coefficient (Wildman–Crippen LogP) is 3.23. The summed E-state index contributed by atoms with van der Waals surface area (Å²) in [6.07, 6.45) is 1.74. The Labute approximate surface area is 149 Å². The van der Waals surface area contributed by atoms with Crippen molar-refractivity contribution in [1.82, 2.24) is 9.38 Å². The summed E-state index contributed by atoms with van der Waals surface area (Å²) < 4.78 is 6.80. The van der Waals surface area contributed by atoms with Gasteiger partial charge in [0.2, 0.25) is 0 Å². The molecule has 0 N–H and O–H groups in total. The second-order valence-electron chi connectivity index (χ2n) is 5.70. The highest BCUT2D eigenvalue weighted by Gasteiger charge is 2.16. The van der Waals surface area contributed by atoms with Crippen LogP contribution in [-0.2, 0) is 16.1 Å². The number of esters is 1. The van der Waals surface area contributed by atoms with Gasteiger partial charge in [-0.05, 0) is 37.6 Å². The number of fused-ring (bicyclic) bond motifs is 1. The van der Waals surface area contributed by atoms with Gasteiger partial charge in [0, 0.05) is 17.2 Å². The van der Waals surface area contributed by atoms with Crippen molar-refractivity contribution in [2.24, 2.45) is 0 Å². The minimum absolute atomic E-state index is 0.0157. The number of carbonyl (C=O) groups excluding carboxylic acids is 1. The van der Waals surface area contributed by atoms with Gasteiger partial charge < -0.3 is 4.74 Å². The third-order valence-electron chi connectivity index (χ3n) is 3.61. The lowest BCUT2D eigenvalue weighted by molar-refractivity contribution is -0.144. The summed E-state index contributed by atoms with van der Waals surface area (Å²) in [5, 5.41) is -0.341. The molecule has 0 unspecified atom stereocenters. The van der Waals surface area contributed by atoms with E-state index in [1.54, 1.807) is 19.2 Å². The van der Waals surface area contributed by atoms with Crippen molar-refractivity contribution in [2.75, 3.05) is 0 Å². The molecule has 3 aromatic rings. The minimum atomic E-state index is -0.341. The van der Waals surface area contributed by atoms with Gasteiger partial charge in [0.25, 0.3) is 5.56 Å². The van der Waals surface area contributed by atoms with Gasteiger partial charge in [0.1, 0.15) is 17.5 Å². The molecule has 128 valence electrons. The van der Waals surface area contributed by atoms with E-state index in [0.717, 1.165) is 10.5 Å². The Balaban J connectivity index is 1.66. The predicted molar refractivity (Wildman–Crippen MR) is 97.8 cm³/mol. The van der Waals surface area contributed by atoms with Gasteiger partial charge in [-0.3, -0.25) is 14.0 Å². The molecule has 0 bridgehead atoms. The molecular formula is C19H18N2O3S. The number of ether oxygens (including phenoxy) is 1. The Morgan fingerprint density at radius 3 is 2.76 bits per heavy atom. The second kappa shape index (κ2) is 7.53. The standard InChI is InChI=1S/C19H18N2O3S/c1-13-8-9-17-20-15(10-18(22)21(17)11-13)12-24-19(23)14(2)25-16-6-4-3-5-7-16/h3-11,14H,12H2,1-2H3/t14-/m0/s1. The summed E-state index contributed by atoms with van der Waals surface area (Å²) in [6.45, 7) is 3.69. The normalized spacial score (nSPS) is 12.1. The number of hydrogen-bond donors (Lipinski definition) is 0. The molecule has 0 radical (unpaired) electrons. The molecule has 2 aromatic heterocycles. The Morgan fingerprint density at radius 1 is 1.24 bits per heavy atom. The highest BCUT2D eigenvalue weighted by Crippen LogP contribution is 2.23. The molecule has 1 aromatic carbocycles. The fourth-order valence-electron chi connectivity index (χ4n) is 2.35. The number of hydrogen-bond acceptors (Lipinski definition) is 5. The zero-order valence-corrected chi connectivity index (χ0v) is 14.8. The largest absolute Gasteiger partial charge is 0.458 e. The lowest BCUT2D eigenvalue weighted by atomic mass is 10.3. The smallest absolute Gasteiger partial charge is 0.319 e. The highest BCUT2D eigenvalue weighted by atomic mass is 32.2. The van der Waals surface area contributed by atoms with E-state index < -0.39 is 0 Å². The quantitative estimate of drug-likeness (QED) is 0.520. The van der Waals surface area contributed by atoms with E-state index in [-0.39, 0.29) is 23.4 Å². The number of pyridine rings is 1. The topological polar surface area (TPSA) is 60.7 Å². The molecule has 3 rings (SSSR count). The first-order valence-electron chi connectivity index (χ1n) is 7.90. The fourth-order valence-corrected chi connectivity index (χ4v) is 3.23. The number of thioether (sulfide) groups is 1.